The third-order valence-corrected chi connectivity index (χ3v) is 3.01. The lowest BCUT2D eigenvalue weighted by molar-refractivity contribution is 0.249. The number of hydrogen-bond donors (Lipinski definition) is 1. The van der Waals surface area contributed by atoms with Gasteiger partial charge in [0.25, 0.3) is 0 Å². The van der Waals surface area contributed by atoms with Gasteiger partial charge in [0.15, 0.2) is 0 Å². The van der Waals surface area contributed by atoms with Crippen molar-refractivity contribution in [1.29, 1.82) is 0 Å². The predicted molar refractivity (Wildman–Crippen MR) is 67.1 cm³/mol. The Balaban J connectivity index is 2.01. The standard InChI is InChI=1S/C14H18N2/c1-12(14-9-6-10-15-14)16(2)11-13-7-4-3-5-8-13/h3-10,12,15H,11H2,1-2H3. The Bertz CT molecular complexity index is 406. The Hall–Kier alpha value is -1.54. The third kappa shape index (κ3) is 2.52. The first-order valence-electron chi connectivity index (χ1n) is 5.65. The lowest BCUT2D eigenvalue weighted by Gasteiger charge is -2.23. The second-order valence-electron chi connectivity index (χ2n) is 4.20. The van der Waals surface area contributed by atoms with Crippen molar-refractivity contribution in [1.82, 2.24) is 9.88 Å². The summed E-state index contributed by atoms with van der Waals surface area (Å²) < 4.78 is 0. The van der Waals surface area contributed by atoms with Gasteiger partial charge in [-0.25, -0.2) is 0 Å². The molecule has 1 aromatic heterocycles. The third-order valence-electron chi connectivity index (χ3n) is 3.01. The van der Waals surface area contributed by atoms with E-state index in [1.807, 2.05) is 12.3 Å². The van der Waals surface area contributed by atoms with E-state index in [0.717, 1.165) is 6.54 Å². The number of aromatic amines is 1. The molecule has 0 aliphatic heterocycles. The summed E-state index contributed by atoms with van der Waals surface area (Å²) in [6.07, 6.45) is 1.97. The molecule has 16 heavy (non-hydrogen) atoms. The highest BCUT2D eigenvalue weighted by Gasteiger charge is 2.11. The van der Waals surface area contributed by atoms with Crippen molar-refractivity contribution in [2.24, 2.45) is 0 Å². The Labute approximate surface area is 96.9 Å². The molecule has 0 fully saturated rings. The zero-order valence-corrected chi connectivity index (χ0v) is 9.85. The minimum Gasteiger partial charge on any atom is -0.364 e. The summed E-state index contributed by atoms with van der Waals surface area (Å²) in [5.74, 6) is 0. The van der Waals surface area contributed by atoms with Gasteiger partial charge in [-0.15, -0.1) is 0 Å². The molecule has 0 aliphatic rings. The van der Waals surface area contributed by atoms with Crippen LogP contribution in [0.3, 0.4) is 0 Å². The Kier molecular flexibility index (Phi) is 3.42. The number of rotatable bonds is 4. The summed E-state index contributed by atoms with van der Waals surface area (Å²) in [6, 6.07) is 15.1. The molecular weight excluding hydrogens is 196 g/mol. The van der Waals surface area contributed by atoms with Crippen LogP contribution in [0.4, 0.5) is 0 Å². The number of nitrogens with one attached hydrogen (secondary N) is 1. The van der Waals surface area contributed by atoms with Crippen molar-refractivity contribution < 1.29 is 0 Å². The zero-order valence-electron chi connectivity index (χ0n) is 9.85. The van der Waals surface area contributed by atoms with Crippen LogP contribution in [0.1, 0.15) is 24.2 Å². The summed E-state index contributed by atoms with van der Waals surface area (Å²) in [4.78, 5) is 5.60. The van der Waals surface area contributed by atoms with Crippen molar-refractivity contribution in [2.45, 2.75) is 19.5 Å². The van der Waals surface area contributed by atoms with Gasteiger partial charge in [0.2, 0.25) is 0 Å². The van der Waals surface area contributed by atoms with E-state index in [4.69, 9.17) is 0 Å². The molecule has 1 atom stereocenters. The first-order valence-corrected chi connectivity index (χ1v) is 5.65. The molecular formula is C14H18N2. The van der Waals surface area contributed by atoms with E-state index >= 15 is 0 Å². The molecule has 0 saturated heterocycles. The van der Waals surface area contributed by atoms with E-state index in [-0.39, 0.29) is 0 Å². The van der Waals surface area contributed by atoms with Crippen molar-refractivity contribution >= 4 is 0 Å². The maximum Gasteiger partial charge on any atom is 0.0470 e. The van der Waals surface area contributed by atoms with Gasteiger partial charge in [-0.3, -0.25) is 4.90 Å². The molecule has 1 unspecified atom stereocenters. The number of aromatic nitrogens is 1. The molecule has 1 N–H and O–H groups in total. The highest BCUT2D eigenvalue weighted by molar-refractivity contribution is 5.15. The highest BCUT2D eigenvalue weighted by Crippen LogP contribution is 2.18. The zero-order chi connectivity index (χ0) is 11.4. The van der Waals surface area contributed by atoms with Crippen molar-refractivity contribution in [3.05, 3.63) is 59.9 Å². The smallest absolute Gasteiger partial charge is 0.0470 e. The molecule has 0 bridgehead atoms. The normalized spacial score (nSPS) is 12.9. The predicted octanol–water partition coefficient (Wildman–Crippen LogP) is 3.21. The summed E-state index contributed by atoms with van der Waals surface area (Å²) in [6.45, 7) is 3.19. The van der Waals surface area contributed by atoms with Crippen molar-refractivity contribution in [3.63, 3.8) is 0 Å². The fraction of sp³-hybridized carbons (Fsp3) is 0.286. The van der Waals surface area contributed by atoms with E-state index in [9.17, 15) is 0 Å². The molecule has 84 valence electrons. The molecule has 0 spiro atoms. The van der Waals surface area contributed by atoms with E-state index in [2.05, 4.69) is 60.3 Å². The second kappa shape index (κ2) is 4.99. The molecule has 0 aliphatic carbocycles. The van der Waals surface area contributed by atoms with Crippen LogP contribution in [-0.2, 0) is 6.54 Å². The van der Waals surface area contributed by atoms with Crippen LogP contribution < -0.4 is 0 Å². The van der Waals surface area contributed by atoms with Gasteiger partial charge >= 0.3 is 0 Å². The summed E-state index contributed by atoms with van der Waals surface area (Å²) in [5, 5.41) is 0. The maximum absolute atomic E-state index is 3.26. The number of nitrogens with zero attached hydrogens (tertiary/aromatic N) is 1. The second-order valence-corrected chi connectivity index (χ2v) is 4.20. The minimum absolute atomic E-state index is 0.412. The van der Waals surface area contributed by atoms with Gasteiger partial charge in [0, 0.05) is 24.5 Å². The number of H-pyrrole nitrogens is 1. The molecule has 1 aromatic carbocycles. The van der Waals surface area contributed by atoms with Gasteiger partial charge in [0.1, 0.15) is 0 Å². The SMILES string of the molecule is CC(c1ccc[nH]1)N(C)Cc1ccccc1. The van der Waals surface area contributed by atoms with E-state index in [0.29, 0.717) is 6.04 Å². The van der Waals surface area contributed by atoms with Gasteiger partial charge in [-0.1, -0.05) is 30.3 Å². The topological polar surface area (TPSA) is 19.0 Å². The lowest BCUT2D eigenvalue weighted by Crippen LogP contribution is -2.22. The van der Waals surface area contributed by atoms with Crippen LogP contribution in [0, 0.1) is 0 Å². The van der Waals surface area contributed by atoms with Crippen LogP contribution in [0.2, 0.25) is 0 Å². The molecule has 0 saturated carbocycles. The Morgan fingerprint density at radius 3 is 2.50 bits per heavy atom. The lowest BCUT2D eigenvalue weighted by atomic mass is 10.1. The maximum atomic E-state index is 3.26. The molecule has 2 aromatic rings. The number of benzene rings is 1. The first kappa shape index (κ1) is 11.0. The van der Waals surface area contributed by atoms with Crippen molar-refractivity contribution in [3.8, 4) is 0 Å². The molecule has 0 radical (unpaired) electrons. The minimum atomic E-state index is 0.412. The fourth-order valence-corrected chi connectivity index (χ4v) is 1.85. The molecule has 2 nitrogen and oxygen atoms in total. The average Bonchev–Trinajstić information content (AvgIpc) is 2.83. The van der Waals surface area contributed by atoms with E-state index in [1.54, 1.807) is 0 Å². The largest absolute Gasteiger partial charge is 0.364 e. The Morgan fingerprint density at radius 2 is 1.88 bits per heavy atom. The highest BCUT2D eigenvalue weighted by atomic mass is 15.1. The van der Waals surface area contributed by atoms with Gasteiger partial charge in [-0.05, 0) is 31.7 Å². The van der Waals surface area contributed by atoms with Gasteiger partial charge < -0.3 is 4.98 Å². The van der Waals surface area contributed by atoms with Crippen LogP contribution in [0.5, 0.6) is 0 Å². The quantitative estimate of drug-likeness (QED) is 0.828. The fourth-order valence-electron chi connectivity index (χ4n) is 1.85. The van der Waals surface area contributed by atoms with Crippen molar-refractivity contribution in [2.75, 3.05) is 7.05 Å². The first-order chi connectivity index (χ1) is 7.77. The van der Waals surface area contributed by atoms with Crippen LogP contribution in [-0.4, -0.2) is 16.9 Å². The molecule has 0 amide bonds. The summed E-state index contributed by atoms with van der Waals surface area (Å²) in [7, 11) is 2.15. The van der Waals surface area contributed by atoms with Crippen LogP contribution >= 0.6 is 0 Å². The van der Waals surface area contributed by atoms with E-state index < -0.39 is 0 Å². The molecule has 2 rings (SSSR count). The monoisotopic (exact) mass is 214 g/mol. The van der Waals surface area contributed by atoms with Gasteiger partial charge in [-0.2, -0.15) is 0 Å². The van der Waals surface area contributed by atoms with Crippen LogP contribution in [0.15, 0.2) is 48.7 Å². The van der Waals surface area contributed by atoms with Crippen LogP contribution in [0.25, 0.3) is 0 Å². The number of hydrogen-bond acceptors (Lipinski definition) is 1. The van der Waals surface area contributed by atoms with E-state index in [1.165, 1.54) is 11.3 Å². The summed E-state index contributed by atoms with van der Waals surface area (Å²) in [5.41, 5.74) is 2.61. The summed E-state index contributed by atoms with van der Waals surface area (Å²) >= 11 is 0. The Morgan fingerprint density at radius 1 is 1.12 bits per heavy atom. The molecule has 2 heteroatoms. The molecule has 1 heterocycles. The average molecular weight is 214 g/mol. The van der Waals surface area contributed by atoms with Gasteiger partial charge in [0.05, 0.1) is 0 Å².